The van der Waals surface area contributed by atoms with Gasteiger partial charge in [-0.05, 0) is 109 Å². The van der Waals surface area contributed by atoms with Crippen LogP contribution in [0.2, 0.25) is 0 Å². The highest BCUT2D eigenvalue weighted by atomic mass is 16.7. The van der Waals surface area contributed by atoms with E-state index in [2.05, 4.69) is 58.4 Å². The summed E-state index contributed by atoms with van der Waals surface area (Å²) in [4.78, 5) is 51.6. The first-order chi connectivity index (χ1) is 30.3. The van der Waals surface area contributed by atoms with Crippen molar-refractivity contribution < 1.29 is 53.1 Å². The third-order valence-electron chi connectivity index (χ3n) is 12.6. The molecule has 3 aliphatic rings. The average molecular weight is 912 g/mol. The second-order valence-corrected chi connectivity index (χ2v) is 18.7. The molecule has 0 aromatic carbocycles. The van der Waals surface area contributed by atoms with Gasteiger partial charge in [0.2, 0.25) is 5.79 Å². The standard InChI is InChI=1S/C26H43NO7.C19H34O2.C4H10.C2H6O.CH4O/c1-7-17(2)15-18(3)11-10-13-21-22(32-5)16-19(4)26(31,34-21)23(28)24(29)27-14-9-8-12-20(27)25(30)33-6;1-14(2)19(20)10-9-15(3)11-16(4)12-17-7-6-8-18(13-17)21-5;1-3-4-2;1-3-2;1-2/h7,18-22,31H,8-16H2,1-6H3;12,14-15,17-18H,6-11,13H2,1-5H3;3-4H2,1-2H3;1-2H3;2H,1H3/b17-7+;16-12+;;;/t18-,19-,20+,21-,22+,26-;15-,17+,18+;;;/m11.../s1. The normalized spacial score (nSPS) is 25.6. The Morgan fingerprint density at radius 2 is 1.42 bits per heavy atom. The van der Waals surface area contributed by atoms with Crippen molar-refractivity contribution in [2.24, 2.45) is 29.6 Å². The van der Waals surface area contributed by atoms with Crippen LogP contribution in [0.15, 0.2) is 23.3 Å². The van der Waals surface area contributed by atoms with E-state index in [1.54, 1.807) is 28.3 Å². The molecule has 9 atom stereocenters. The van der Waals surface area contributed by atoms with Gasteiger partial charge in [0.25, 0.3) is 11.7 Å². The van der Waals surface area contributed by atoms with Gasteiger partial charge in [-0.2, -0.15) is 0 Å². The van der Waals surface area contributed by atoms with Gasteiger partial charge in [-0.3, -0.25) is 14.4 Å². The fourth-order valence-corrected chi connectivity index (χ4v) is 8.48. The minimum Gasteiger partial charge on any atom is -0.467 e. The number of piperidine rings is 1. The lowest BCUT2D eigenvalue weighted by Crippen LogP contribution is -2.62. The number of hydrogen-bond donors (Lipinski definition) is 2. The minimum absolute atomic E-state index is 0.182. The number of aliphatic hydroxyl groups excluding tert-OH is 1. The van der Waals surface area contributed by atoms with Gasteiger partial charge < -0.3 is 38.8 Å². The highest BCUT2D eigenvalue weighted by molar-refractivity contribution is 6.39. The van der Waals surface area contributed by atoms with Gasteiger partial charge in [-0.15, -0.1) is 0 Å². The van der Waals surface area contributed by atoms with Crippen LogP contribution >= 0.6 is 0 Å². The molecule has 1 saturated carbocycles. The lowest BCUT2D eigenvalue weighted by Gasteiger charge is -2.45. The Hall–Kier alpha value is -2.48. The molecule has 2 heterocycles. The second kappa shape index (κ2) is 36.6. The van der Waals surface area contributed by atoms with E-state index in [-0.39, 0.29) is 18.6 Å². The maximum atomic E-state index is 13.3. The number of Topliss-reactive ketones (excluding diaryl/α,β-unsaturated/α-hetero) is 2. The number of amides is 1. The summed E-state index contributed by atoms with van der Waals surface area (Å²) in [5.41, 5.74) is 2.84. The molecule has 12 heteroatoms. The van der Waals surface area contributed by atoms with E-state index < -0.39 is 41.5 Å². The molecule has 0 aromatic rings. The third-order valence-corrected chi connectivity index (χ3v) is 12.6. The topological polar surface area (TPSA) is 158 Å². The number of carbonyl (C=O) groups is 4. The van der Waals surface area contributed by atoms with E-state index in [4.69, 9.17) is 24.1 Å². The molecule has 2 N–H and O–H groups in total. The summed E-state index contributed by atoms with van der Waals surface area (Å²) in [6, 6.07) is -0.817. The zero-order valence-electron chi connectivity index (χ0n) is 43.6. The Balaban J connectivity index is 0. The molecule has 1 amide bonds. The highest BCUT2D eigenvalue weighted by Crippen LogP contribution is 2.37. The fourth-order valence-electron chi connectivity index (χ4n) is 8.48. The molecule has 0 spiro atoms. The van der Waals surface area contributed by atoms with E-state index in [0.29, 0.717) is 55.3 Å². The van der Waals surface area contributed by atoms with Crippen LogP contribution in [0.5, 0.6) is 0 Å². The molecule has 1 aliphatic carbocycles. The Kier molecular flexibility index (Phi) is 36.4. The van der Waals surface area contributed by atoms with Gasteiger partial charge in [0, 0.05) is 60.4 Å². The number of hydrogen-bond acceptors (Lipinski definition) is 11. The summed E-state index contributed by atoms with van der Waals surface area (Å²) in [5, 5.41) is 18.3. The number of nitrogens with zero attached hydrogens (tertiary/aromatic N) is 1. The van der Waals surface area contributed by atoms with Crippen molar-refractivity contribution in [2.75, 3.05) is 49.2 Å². The molecular weight excluding hydrogens is 815 g/mol. The van der Waals surface area contributed by atoms with Crippen molar-refractivity contribution in [3.8, 4) is 0 Å². The van der Waals surface area contributed by atoms with Crippen molar-refractivity contribution in [1.29, 1.82) is 0 Å². The molecule has 0 bridgehead atoms. The Morgan fingerprint density at radius 3 is 1.95 bits per heavy atom. The van der Waals surface area contributed by atoms with Gasteiger partial charge in [-0.25, -0.2) is 4.79 Å². The number of rotatable bonds is 19. The maximum absolute atomic E-state index is 13.3. The van der Waals surface area contributed by atoms with Gasteiger partial charge in [-0.1, -0.05) is 104 Å². The van der Waals surface area contributed by atoms with Gasteiger partial charge in [0.15, 0.2) is 0 Å². The summed E-state index contributed by atoms with van der Waals surface area (Å²) < 4.78 is 26.2. The van der Waals surface area contributed by atoms with Crippen LogP contribution in [0.1, 0.15) is 178 Å². The molecule has 0 unspecified atom stereocenters. The number of methoxy groups -OCH3 is 4. The van der Waals surface area contributed by atoms with E-state index >= 15 is 0 Å². The molecule has 3 rings (SSSR count). The molecule has 12 nitrogen and oxygen atoms in total. The van der Waals surface area contributed by atoms with Crippen molar-refractivity contribution in [2.45, 2.75) is 209 Å². The zero-order chi connectivity index (χ0) is 49.4. The lowest BCUT2D eigenvalue weighted by atomic mass is 9.83. The first-order valence-corrected chi connectivity index (χ1v) is 24.4. The average Bonchev–Trinajstić information content (AvgIpc) is 3.29. The van der Waals surface area contributed by atoms with E-state index in [1.807, 2.05) is 27.9 Å². The van der Waals surface area contributed by atoms with E-state index in [1.165, 1.54) is 61.7 Å². The molecule has 64 heavy (non-hydrogen) atoms. The Morgan fingerprint density at radius 1 is 0.828 bits per heavy atom. The number of aliphatic hydroxyl groups is 2. The highest BCUT2D eigenvalue weighted by Gasteiger charge is 2.54. The first-order valence-electron chi connectivity index (χ1n) is 24.4. The van der Waals surface area contributed by atoms with Crippen LogP contribution in [0.25, 0.3) is 0 Å². The van der Waals surface area contributed by atoms with E-state index in [0.717, 1.165) is 52.1 Å². The monoisotopic (exact) mass is 912 g/mol. The molecule has 2 saturated heterocycles. The molecule has 0 aromatic heterocycles. The summed E-state index contributed by atoms with van der Waals surface area (Å²) in [6.45, 7) is 21.2. The molecule has 2 aliphatic heterocycles. The number of unbranched alkanes of at least 4 members (excludes halogenated alkanes) is 1. The quantitative estimate of drug-likeness (QED) is 0.0722. The number of esters is 1. The van der Waals surface area contributed by atoms with Crippen LogP contribution in [0.4, 0.5) is 0 Å². The smallest absolute Gasteiger partial charge is 0.328 e. The molecule has 3 fully saturated rings. The maximum Gasteiger partial charge on any atom is 0.328 e. The number of allylic oxidation sites excluding steroid dienone is 4. The predicted molar refractivity (Wildman–Crippen MR) is 259 cm³/mol. The summed E-state index contributed by atoms with van der Waals surface area (Å²) in [7, 11) is 8.94. The van der Waals surface area contributed by atoms with Crippen molar-refractivity contribution in [3.63, 3.8) is 0 Å². The van der Waals surface area contributed by atoms with Crippen molar-refractivity contribution >= 4 is 23.4 Å². The predicted octanol–water partition coefficient (Wildman–Crippen LogP) is 10.2. The SMILES string of the molecule is C/C=C(\C)C[C@H](C)CCC[C@H]1O[C@@](O)(C(=O)C(=O)N2CCCC[C@H]2C(=O)OC)[C@H](C)C[C@@H]1OC.CCCC.CO.COC.CO[C@H]1CCC[C@@H](/C=C(\C)C[C@H](C)CCC(=O)C(C)C)C1. The summed E-state index contributed by atoms with van der Waals surface area (Å²) in [6.07, 6.45) is 20.5. The number of carbonyl (C=O) groups excluding carboxylic acids is 4. The summed E-state index contributed by atoms with van der Waals surface area (Å²) >= 11 is 0. The third kappa shape index (κ3) is 24.3. The van der Waals surface area contributed by atoms with Gasteiger partial charge in [0.1, 0.15) is 11.8 Å². The van der Waals surface area contributed by atoms with E-state index in [9.17, 15) is 24.3 Å². The van der Waals surface area contributed by atoms with Crippen molar-refractivity contribution in [3.05, 3.63) is 23.3 Å². The van der Waals surface area contributed by atoms with Crippen LogP contribution in [0, 0.1) is 29.6 Å². The van der Waals surface area contributed by atoms with Crippen LogP contribution in [-0.4, -0.2) is 118 Å². The van der Waals surface area contributed by atoms with Gasteiger partial charge >= 0.3 is 5.97 Å². The fraction of sp³-hybridized carbons (Fsp3) is 0.846. The zero-order valence-corrected chi connectivity index (χ0v) is 43.6. The number of ketones is 2. The Bertz CT molecular complexity index is 1330. The second-order valence-electron chi connectivity index (χ2n) is 18.7. The minimum atomic E-state index is -2.25. The van der Waals surface area contributed by atoms with Gasteiger partial charge in [0.05, 0.1) is 25.4 Å². The number of ether oxygens (including phenoxy) is 5. The molecule has 376 valence electrons. The van der Waals surface area contributed by atoms with Crippen molar-refractivity contribution in [1.82, 2.24) is 4.90 Å². The Labute approximate surface area is 391 Å². The first kappa shape index (κ1) is 63.6. The molecule has 0 radical (unpaired) electrons. The van der Waals surface area contributed by atoms with Crippen LogP contribution in [-0.2, 0) is 42.9 Å². The number of likely N-dealkylation sites (tertiary alicyclic amines) is 1. The lowest BCUT2D eigenvalue weighted by molar-refractivity contribution is -0.287. The summed E-state index contributed by atoms with van der Waals surface area (Å²) in [5.74, 6) is -2.96. The van der Waals surface area contributed by atoms with Crippen LogP contribution < -0.4 is 0 Å². The van der Waals surface area contributed by atoms with Crippen LogP contribution in [0.3, 0.4) is 0 Å². The molecular formula is C52H97NO11. The largest absolute Gasteiger partial charge is 0.467 e.